The number of rotatable bonds is 4. The molecule has 20 heavy (non-hydrogen) atoms. The first-order valence-corrected chi connectivity index (χ1v) is 7.71. The first kappa shape index (κ1) is 13.2. The Hall–Kier alpha value is -1.80. The van der Waals surface area contributed by atoms with E-state index in [0.29, 0.717) is 21.9 Å². The van der Waals surface area contributed by atoms with Crippen LogP contribution in [-0.4, -0.2) is 37.4 Å². The van der Waals surface area contributed by atoms with Crippen molar-refractivity contribution in [3.05, 3.63) is 28.3 Å². The quantitative estimate of drug-likeness (QED) is 0.654. The molecule has 1 aromatic heterocycles. The van der Waals surface area contributed by atoms with Crippen molar-refractivity contribution in [2.45, 2.75) is 24.0 Å². The van der Waals surface area contributed by atoms with Gasteiger partial charge >= 0.3 is 0 Å². The molecule has 0 spiro atoms. The number of nitrogens with zero attached hydrogens (tertiary/aromatic N) is 2. The van der Waals surface area contributed by atoms with Gasteiger partial charge in [0.05, 0.1) is 26.8 Å². The monoisotopic (exact) mass is 294 g/mol. The van der Waals surface area contributed by atoms with Gasteiger partial charge in [-0.3, -0.25) is 14.3 Å². The molecule has 2 aromatic rings. The predicted octanol–water partition coefficient (Wildman–Crippen LogP) is 1.33. The Morgan fingerprint density at radius 2 is 2.35 bits per heavy atom. The summed E-state index contributed by atoms with van der Waals surface area (Å²) in [5, 5.41) is 14.4. The normalized spacial score (nSPS) is 20.3. The summed E-state index contributed by atoms with van der Waals surface area (Å²) in [7, 11) is -1.22. The maximum Gasteiger partial charge on any atom is 0.271 e. The van der Waals surface area contributed by atoms with E-state index in [9.17, 15) is 14.3 Å². The molecule has 1 aliphatic rings. The zero-order chi connectivity index (χ0) is 14.1. The average Bonchev–Trinajstić information content (AvgIpc) is 3.05. The van der Waals surface area contributed by atoms with Crippen molar-refractivity contribution in [1.82, 2.24) is 15.3 Å². The molecular weight excluding hydrogens is 280 g/mol. The summed E-state index contributed by atoms with van der Waals surface area (Å²) >= 11 is 0. The van der Waals surface area contributed by atoms with Crippen molar-refractivity contribution in [2.75, 3.05) is 12.3 Å². The Morgan fingerprint density at radius 3 is 3.05 bits per heavy atom. The molecule has 0 saturated carbocycles. The van der Waals surface area contributed by atoms with Gasteiger partial charge in [0, 0.05) is 23.9 Å². The standard InChI is InChI=1S/C12H14N4O3S/c17-16(18)9-3-4-10-11(6-9)15-12(14-10)20(19)7-8-2-1-5-13-8/h3-4,6,8,13H,1-2,5,7H2,(H,14,15). The minimum atomic E-state index is -1.22. The van der Waals surface area contributed by atoms with E-state index in [1.165, 1.54) is 12.1 Å². The fraction of sp³-hybridized carbons (Fsp3) is 0.417. The van der Waals surface area contributed by atoms with Crippen LogP contribution in [0.4, 0.5) is 5.69 Å². The number of H-pyrrole nitrogens is 1. The number of aromatic amines is 1. The summed E-state index contributed by atoms with van der Waals surface area (Å²) < 4.78 is 12.2. The lowest BCUT2D eigenvalue weighted by Crippen LogP contribution is -2.27. The zero-order valence-corrected chi connectivity index (χ0v) is 11.5. The van der Waals surface area contributed by atoms with Crippen molar-refractivity contribution >= 4 is 27.5 Å². The van der Waals surface area contributed by atoms with Gasteiger partial charge in [-0.15, -0.1) is 0 Å². The molecule has 8 heteroatoms. The molecule has 0 bridgehead atoms. The highest BCUT2D eigenvalue weighted by molar-refractivity contribution is 7.84. The van der Waals surface area contributed by atoms with Gasteiger partial charge in [-0.2, -0.15) is 0 Å². The molecule has 2 N–H and O–H groups in total. The van der Waals surface area contributed by atoms with Gasteiger partial charge in [0.1, 0.15) is 0 Å². The van der Waals surface area contributed by atoms with E-state index >= 15 is 0 Å². The predicted molar refractivity (Wildman–Crippen MR) is 75.0 cm³/mol. The van der Waals surface area contributed by atoms with Crippen LogP contribution >= 0.6 is 0 Å². The molecule has 1 aromatic carbocycles. The minimum Gasteiger partial charge on any atom is -0.331 e. The lowest BCUT2D eigenvalue weighted by Gasteiger charge is -2.07. The van der Waals surface area contributed by atoms with E-state index < -0.39 is 15.7 Å². The Bertz CT molecular complexity index is 678. The number of non-ortho nitro benzene ring substituents is 1. The summed E-state index contributed by atoms with van der Waals surface area (Å²) in [4.78, 5) is 17.4. The second-order valence-electron chi connectivity index (χ2n) is 4.81. The van der Waals surface area contributed by atoms with Crippen LogP contribution in [0, 0.1) is 10.1 Å². The highest BCUT2D eigenvalue weighted by Gasteiger charge is 2.20. The summed E-state index contributed by atoms with van der Waals surface area (Å²) in [6, 6.07) is 4.64. The second-order valence-corrected chi connectivity index (χ2v) is 6.22. The fourth-order valence-corrected chi connectivity index (χ4v) is 3.59. The maximum atomic E-state index is 12.2. The molecule has 1 saturated heterocycles. The SMILES string of the molecule is O=[N+]([O-])c1ccc2nc(S(=O)CC3CCCN3)[nH]c2c1. The second kappa shape index (κ2) is 5.29. The van der Waals surface area contributed by atoms with Crippen molar-refractivity contribution in [1.29, 1.82) is 0 Å². The van der Waals surface area contributed by atoms with Gasteiger partial charge in [-0.05, 0) is 25.5 Å². The Labute approximate surface area is 117 Å². The maximum absolute atomic E-state index is 12.2. The lowest BCUT2D eigenvalue weighted by molar-refractivity contribution is -0.384. The van der Waals surface area contributed by atoms with Crippen LogP contribution in [0.2, 0.25) is 0 Å². The van der Waals surface area contributed by atoms with Crippen molar-refractivity contribution in [3.63, 3.8) is 0 Å². The molecule has 3 rings (SSSR count). The number of hydrogen-bond donors (Lipinski definition) is 2. The Morgan fingerprint density at radius 1 is 1.50 bits per heavy atom. The number of benzene rings is 1. The van der Waals surface area contributed by atoms with Crippen LogP contribution in [0.15, 0.2) is 23.4 Å². The number of imidazole rings is 1. The number of aromatic nitrogens is 2. The number of nitro benzene ring substituents is 1. The van der Waals surface area contributed by atoms with Gasteiger partial charge in [0.25, 0.3) is 5.69 Å². The van der Waals surface area contributed by atoms with Crippen molar-refractivity contribution < 1.29 is 9.13 Å². The van der Waals surface area contributed by atoms with E-state index in [0.717, 1.165) is 19.4 Å². The number of hydrogen-bond acceptors (Lipinski definition) is 5. The highest BCUT2D eigenvalue weighted by Crippen LogP contribution is 2.20. The topological polar surface area (TPSA) is 101 Å². The minimum absolute atomic E-state index is 0.00376. The smallest absolute Gasteiger partial charge is 0.271 e. The summed E-state index contributed by atoms with van der Waals surface area (Å²) in [5.41, 5.74) is 1.14. The number of nitro groups is 1. The van der Waals surface area contributed by atoms with Crippen molar-refractivity contribution in [3.8, 4) is 0 Å². The van der Waals surface area contributed by atoms with Crippen LogP contribution in [0.5, 0.6) is 0 Å². The molecule has 1 fully saturated rings. The Balaban J connectivity index is 1.84. The summed E-state index contributed by atoms with van der Waals surface area (Å²) in [6.45, 7) is 0.966. The first-order chi connectivity index (χ1) is 9.63. The molecule has 2 heterocycles. The van der Waals surface area contributed by atoms with E-state index in [-0.39, 0.29) is 11.7 Å². The zero-order valence-electron chi connectivity index (χ0n) is 10.7. The van der Waals surface area contributed by atoms with Crippen molar-refractivity contribution in [2.24, 2.45) is 0 Å². The third-order valence-corrected chi connectivity index (χ3v) is 4.71. The van der Waals surface area contributed by atoms with Gasteiger partial charge < -0.3 is 10.3 Å². The van der Waals surface area contributed by atoms with Gasteiger partial charge in [-0.1, -0.05) is 0 Å². The number of nitrogens with one attached hydrogen (secondary N) is 2. The molecule has 1 aliphatic heterocycles. The molecule has 0 aliphatic carbocycles. The van der Waals surface area contributed by atoms with Crippen LogP contribution < -0.4 is 5.32 Å². The van der Waals surface area contributed by atoms with E-state index in [1.54, 1.807) is 6.07 Å². The van der Waals surface area contributed by atoms with Gasteiger partial charge in [-0.25, -0.2) is 4.98 Å². The van der Waals surface area contributed by atoms with Crippen LogP contribution in [-0.2, 0) is 10.8 Å². The molecule has 0 radical (unpaired) electrons. The van der Waals surface area contributed by atoms with E-state index in [4.69, 9.17) is 0 Å². The molecule has 2 atom stereocenters. The van der Waals surface area contributed by atoms with Crippen LogP contribution in [0.3, 0.4) is 0 Å². The van der Waals surface area contributed by atoms with Gasteiger partial charge in [0.2, 0.25) is 0 Å². The third kappa shape index (κ3) is 2.56. The highest BCUT2D eigenvalue weighted by atomic mass is 32.2. The van der Waals surface area contributed by atoms with E-state index in [1.807, 2.05) is 0 Å². The van der Waals surface area contributed by atoms with Crippen LogP contribution in [0.25, 0.3) is 11.0 Å². The van der Waals surface area contributed by atoms with Gasteiger partial charge in [0.15, 0.2) is 5.16 Å². The summed E-state index contributed by atoms with van der Waals surface area (Å²) in [6.07, 6.45) is 2.13. The molecular formula is C12H14N4O3S. The molecule has 2 unspecified atom stereocenters. The first-order valence-electron chi connectivity index (χ1n) is 6.39. The Kier molecular flexibility index (Phi) is 3.49. The third-order valence-electron chi connectivity index (χ3n) is 3.39. The van der Waals surface area contributed by atoms with E-state index in [2.05, 4.69) is 15.3 Å². The molecule has 0 amide bonds. The largest absolute Gasteiger partial charge is 0.331 e. The molecule has 106 valence electrons. The fourth-order valence-electron chi connectivity index (χ4n) is 2.36. The molecule has 7 nitrogen and oxygen atoms in total. The average molecular weight is 294 g/mol. The van der Waals surface area contributed by atoms with Crippen LogP contribution in [0.1, 0.15) is 12.8 Å². The lowest BCUT2D eigenvalue weighted by atomic mass is 10.3. The summed E-state index contributed by atoms with van der Waals surface area (Å²) in [5.74, 6) is 0.516. The number of fused-ring (bicyclic) bond motifs is 1.